The number of benzene rings is 3. The van der Waals surface area contributed by atoms with Crippen molar-refractivity contribution >= 4 is 73.8 Å². The van der Waals surface area contributed by atoms with Crippen LogP contribution in [-0.2, 0) is 0 Å². The van der Waals surface area contributed by atoms with Crippen molar-refractivity contribution in [3.05, 3.63) is 64.6 Å². The Kier molecular flexibility index (Phi) is 4.83. The summed E-state index contributed by atoms with van der Waals surface area (Å²) < 4.78 is 11.5. The molecule has 4 rings (SSSR count). The summed E-state index contributed by atoms with van der Waals surface area (Å²) in [5, 5.41) is 9.63. The summed E-state index contributed by atoms with van der Waals surface area (Å²) in [6, 6.07) is 16.8. The molecule has 0 saturated carbocycles. The topological polar surface area (TPSA) is 46.4 Å². The highest BCUT2D eigenvalue weighted by Crippen LogP contribution is 2.36. The second kappa shape index (κ2) is 7.27. The van der Waals surface area contributed by atoms with Gasteiger partial charge in [-0.1, -0.05) is 41.4 Å². The van der Waals surface area contributed by atoms with Crippen molar-refractivity contribution in [2.24, 2.45) is 0 Å². The number of ether oxygens (including phenoxy) is 1. The third-order valence-corrected chi connectivity index (χ3v) is 4.71. The van der Waals surface area contributed by atoms with Crippen molar-refractivity contribution in [1.29, 1.82) is 0 Å². The molecule has 0 saturated heterocycles. The summed E-state index contributed by atoms with van der Waals surface area (Å²) in [6.45, 7) is 0. The smallest absolute Gasteiger partial charge is 0.175 e. The fraction of sp³-hybridized carbons (Fsp3) is 0.0500. The van der Waals surface area contributed by atoms with Crippen LogP contribution in [-0.4, -0.2) is 12.2 Å². The highest BCUT2D eigenvalue weighted by molar-refractivity contribution is 7.80. The molecule has 0 aliphatic heterocycles. The summed E-state index contributed by atoms with van der Waals surface area (Å²) in [7, 11) is 1.61. The minimum absolute atomic E-state index is 0.377. The zero-order valence-corrected chi connectivity index (χ0v) is 16.5. The first-order valence-electron chi connectivity index (χ1n) is 8.07. The largest absolute Gasteiger partial charge is 0.495 e. The van der Waals surface area contributed by atoms with E-state index in [0.717, 1.165) is 21.9 Å². The fourth-order valence-electron chi connectivity index (χ4n) is 2.93. The number of nitrogens with one attached hydrogen (secondary N) is 2. The van der Waals surface area contributed by atoms with E-state index in [1.165, 1.54) is 0 Å². The average Bonchev–Trinajstić information content (AvgIpc) is 2.97. The lowest BCUT2D eigenvalue weighted by atomic mass is 10.1. The molecule has 0 amide bonds. The second-order valence-electron chi connectivity index (χ2n) is 5.88. The summed E-state index contributed by atoms with van der Waals surface area (Å²) in [5.74, 6) is 0.655. The number of rotatable bonds is 3. The van der Waals surface area contributed by atoms with Crippen molar-refractivity contribution in [3.63, 3.8) is 0 Å². The first-order valence-corrected chi connectivity index (χ1v) is 9.23. The molecule has 3 aromatic carbocycles. The Hall–Kier alpha value is -2.47. The van der Waals surface area contributed by atoms with Crippen LogP contribution < -0.4 is 15.4 Å². The number of furan rings is 1. The molecule has 7 heteroatoms. The van der Waals surface area contributed by atoms with Gasteiger partial charge in [0, 0.05) is 32.6 Å². The van der Waals surface area contributed by atoms with Crippen molar-refractivity contribution in [2.45, 2.75) is 0 Å². The van der Waals surface area contributed by atoms with E-state index in [9.17, 15) is 0 Å². The minimum Gasteiger partial charge on any atom is -0.495 e. The van der Waals surface area contributed by atoms with E-state index in [2.05, 4.69) is 10.6 Å². The van der Waals surface area contributed by atoms with E-state index in [4.69, 9.17) is 44.6 Å². The van der Waals surface area contributed by atoms with Crippen molar-refractivity contribution in [1.82, 2.24) is 0 Å². The Labute approximate surface area is 171 Å². The van der Waals surface area contributed by atoms with Crippen LogP contribution in [0.25, 0.3) is 21.9 Å². The third-order valence-electron chi connectivity index (χ3n) is 4.07. The number of para-hydroxylation sites is 1. The van der Waals surface area contributed by atoms with Crippen molar-refractivity contribution < 1.29 is 9.15 Å². The van der Waals surface area contributed by atoms with Gasteiger partial charge in [0.2, 0.25) is 0 Å². The zero-order chi connectivity index (χ0) is 19.0. The number of anilines is 2. The quantitative estimate of drug-likeness (QED) is 0.363. The Bertz CT molecular complexity index is 1150. The van der Waals surface area contributed by atoms with Crippen LogP contribution in [0.4, 0.5) is 11.4 Å². The molecule has 1 aromatic heterocycles. The monoisotopic (exact) mass is 416 g/mol. The Morgan fingerprint density at radius 1 is 0.926 bits per heavy atom. The summed E-state index contributed by atoms with van der Waals surface area (Å²) >= 11 is 17.5. The molecule has 0 atom stereocenters. The Morgan fingerprint density at radius 2 is 1.67 bits per heavy atom. The number of fused-ring (bicyclic) bond motifs is 3. The highest BCUT2D eigenvalue weighted by atomic mass is 35.5. The molecule has 0 bridgehead atoms. The van der Waals surface area contributed by atoms with Gasteiger partial charge in [0.25, 0.3) is 0 Å². The van der Waals surface area contributed by atoms with Gasteiger partial charge < -0.3 is 19.8 Å². The Morgan fingerprint density at radius 3 is 2.41 bits per heavy atom. The standard InChI is InChI=1S/C20H14Cl2N2O2S/c1-25-19-9-15-14-4-2-3-5-17(14)26-18(15)10-16(19)24-20(27)23-13-7-11(21)6-12(22)8-13/h2-10H,1H3,(H2,23,24,27). The van der Waals surface area contributed by atoms with E-state index >= 15 is 0 Å². The van der Waals surface area contributed by atoms with Crippen LogP contribution >= 0.6 is 35.4 Å². The van der Waals surface area contributed by atoms with Crippen LogP contribution in [0.3, 0.4) is 0 Å². The maximum atomic E-state index is 6.02. The van der Waals surface area contributed by atoms with Gasteiger partial charge in [-0.15, -0.1) is 0 Å². The lowest BCUT2D eigenvalue weighted by molar-refractivity contribution is 0.417. The van der Waals surface area contributed by atoms with Gasteiger partial charge in [-0.2, -0.15) is 0 Å². The van der Waals surface area contributed by atoms with Crippen LogP contribution in [0.2, 0.25) is 10.0 Å². The predicted molar refractivity (Wildman–Crippen MR) is 117 cm³/mol. The number of methoxy groups -OCH3 is 1. The van der Waals surface area contributed by atoms with Gasteiger partial charge in [-0.25, -0.2) is 0 Å². The molecule has 0 spiro atoms. The van der Waals surface area contributed by atoms with E-state index in [1.54, 1.807) is 25.3 Å². The maximum absolute atomic E-state index is 6.02. The van der Waals surface area contributed by atoms with Gasteiger partial charge >= 0.3 is 0 Å². The number of halogens is 2. The maximum Gasteiger partial charge on any atom is 0.175 e. The Balaban J connectivity index is 1.66. The molecule has 136 valence electrons. The fourth-order valence-corrected chi connectivity index (χ4v) is 3.68. The van der Waals surface area contributed by atoms with Gasteiger partial charge in [0.15, 0.2) is 5.11 Å². The molecule has 27 heavy (non-hydrogen) atoms. The molecule has 4 aromatic rings. The van der Waals surface area contributed by atoms with Crippen LogP contribution in [0.5, 0.6) is 5.75 Å². The summed E-state index contributed by atoms with van der Waals surface area (Å²) in [4.78, 5) is 0. The van der Waals surface area contributed by atoms with E-state index in [1.807, 2.05) is 36.4 Å². The number of thiocarbonyl (C=S) groups is 1. The van der Waals surface area contributed by atoms with E-state index < -0.39 is 0 Å². The lowest BCUT2D eigenvalue weighted by Gasteiger charge is -2.14. The van der Waals surface area contributed by atoms with Crippen LogP contribution in [0.1, 0.15) is 0 Å². The van der Waals surface area contributed by atoms with Crippen molar-refractivity contribution in [2.75, 3.05) is 17.7 Å². The third kappa shape index (κ3) is 3.67. The predicted octanol–water partition coefficient (Wildman–Crippen LogP) is 6.71. The first kappa shape index (κ1) is 17.9. The molecule has 4 nitrogen and oxygen atoms in total. The molecule has 0 radical (unpaired) electrons. The van der Waals surface area contributed by atoms with Gasteiger partial charge in [0.05, 0.1) is 12.8 Å². The summed E-state index contributed by atoms with van der Waals surface area (Å²) in [6.07, 6.45) is 0. The lowest BCUT2D eigenvalue weighted by Crippen LogP contribution is -2.19. The molecule has 0 aliphatic carbocycles. The van der Waals surface area contributed by atoms with Crippen LogP contribution in [0.15, 0.2) is 59.0 Å². The molecule has 0 aliphatic rings. The SMILES string of the molecule is COc1cc2c(cc1NC(=S)Nc1cc(Cl)cc(Cl)c1)oc1ccccc12. The number of hydrogen-bond acceptors (Lipinski definition) is 3. The minimum atomic E-state index is 0.377. The van der Waals surface area contributed by atoms with E-state index in [-0.39, 0.29) is 0 Å². The molecular weight excluding hydrogens is 403 g/mol. The molecular formula is C20H14Cl2N2O2S. The van der Waals surface area contributed by atoms with Gasteiger partial charge in [-0.05, 0) is 42.5 Å². The van der Waals surface area contributed by atoms with Crippen molar-refractivity contribution in [3.8, 4) is 5.75 Å². The average molecular weight is 417 g/mol. The summed E-state index contributed by atoms with van der Waals surface area (Å²) in [5.41, 5.74) is 2.94. The van der Waals surface area contributed by atoms with E-state index in [0.29, 0.717) is 32.3 Å². The van der Waals surface area contributed by atoms with Gasteiger partial charge in [0.1, 0.15) is 16.9 Å². The zero-order valence-electron chi connectivity index (χ0n) is 14.2. The number of hydrogen-bond donors (Lipinski definition) is 2. The van der Waals surface area contributed by atoms with Gasteiger partial charge in [-0.3, -0.25) is 0 Å². The molecule has 2 N–H and O–H groups in total. The molecule has 0 unspecified atom stereocenters. The normalized spacial score (nSPS) is 10.9. The molecule has 1 heterocycles. The second-order valence-corrected chi connectivity index (χ2v) is 7.17. The molecule has 0 fully saturated rings. The van der Waals surface area contributed by atoms with Crippen LogP contribution in [0, 0.1) is 0 Å². The highest BCUT2D eigenvalue weighted by Gasteiger charge is 2.13. The first-order chi connectivity index (χ1) is 13.0.